The predicted molar refractivity (Wildman–Crippen MR) is 75.2 cm³/mol. The second-order valence-corrected chi connectivity index (χ2v) is 5.64. The first-order valence-electron chi connectivity index (χ1n) is 7.11. The van der Waals surface area contributed by atoms with Gasteiger partial charge in [-0.3, -0.25) is 0 Å². The molecule has 2 rings (SSSR count). The second-order valence-electron chi connectivity index (χ2n) is 5.64. The smallest absolute Gasteiger partial charge is 0.0576 e. The lowest BCUT2D eigenvalue weighted by Crippen LogP contribution is -2.36. The van der Waals surface area contributed by atoms with Gasteiger partial charge < -0.3 is 14.9 Å². The molecule has 1 saturated heterocycles. The van der Waals surface area contributed by atoms with Crippen LogP contribution in [0.25, 0.3) is 0 Å². The minimum Gasteiger partial charge on any atom is -0.395 e. The van der Waals surface area contributed by atoms with E-state index in [1.807, 2.05) is 25.1 Å². The van der Waals surface area contributed by atoms with Crippen LogP contribution < -0.4 is 0 Å². The average molecular weight is 264 g/mol. The van der Waals surface area contributed by atoms with Crippen LogP contribution in [0.1, 0.15) is 36.8 Å². The molecule has 1 aliphatic rings. The van der Waals surface area contributed by atoms with Gasteiger partial charge in [0, 0.05) is 12.0 Å². The normalized spacial score (nSPS) is 19.8. The largest absolute Gasteiger partial charge is 0.395 e. The first kappa shape index (κ1) is 14.5. The fourth-order valence-corrected chi connectivity index (χ4v) is 2.82. The number of aryl methyl sites for hydroxylation is 1. The van der Waals surface area contributed by atoms with Crippen molar-refractivity contribution >= 4 is 0 Å². The molecule has 0 bridgehead atoms. The summed E-state index contributed by atoms with van der Waals surface area (Å²) in [5.41, 5.74) is 1.63. The molecule has 0 amide bonds. The van der Waals surface area contributed by atoms with Crippen LogP contribution in [0.3, 0.4) is 0 Å². The van der Waals surface area contributed by atoms with E-state index in [4.69, 9.17) is 4.74 Å². The Labute approximate surface area is 115 Å². The summed E-state index contributed by atoms with van der Waals surface area (Å²) in [6, 6.07) is 8.07. The maximum atomic E-state index is 9.79. The fraction of sp³-hybridized carbons (Fsp3) is 0.625. The Balaban J connectivity index is 2.11. The molecule has 0 aromatic heterocycles. The third-order valence-electron chi connectivity index (χ3n) is 4.20. The highest BCUT2D eigenvalue weighted by molar-refractivity contribution is 5.30. The van der Waals surface area contributed by atoms with Crippen molar-refractivity contribution in [3.63, 3.8) is 0 Å². The number of aliphatic hydroxyl groups is 2. The van der Waals surface area contributed by atoms with E-state index in [0.29, 0.717) is 6.10 Å². The van der Waals surface area contributed by atoms with Gasteiger partial charge in [-0.25, -0.2) is 0 Å². The summed E-state index contributed by atoms with van der Waals surface area (Å²) in [4.78, 5) is 0. The summed E-state index contributed by atoms with van der Waals surface area (Å²) in [5.74, 6) is 0. The number of hydrogen-bond acceptors (Lipinski definition) is 3. The van der Waals surface area contributed by atoms with Gasteiger partial charge in [0.2, 0.25) is 0 Å². The van der Waals surface area contributed by atoms with Gasteiger partial charge in [0.1, 0.15) is 0 Å². The summed E-state index contributed by atoms with van der Waals surface area (Å²) in [5, 5.41) is 19.6. The van der Waals surface area contributed by atoms with Crippen LogP contribution in [-0.4, -0.2) is 36.1 Å². The van der Waals surface area contributed by atoms with Crippen LogP contribution >= 0.6 is 0 Å². The minimum absolute atomic E-state index is 0.0281. The molecular formula is C16H24O3. The van der Waals surface area contributed by atoms with Crippen molar-refractivity contribution in [2.75, 3.05) is 19.8 Å². The van der Waals surface area contributed by atoms with Crippen LogP contribution in [0.5, 0.6) is 0 Å². The maximum absolute atomic E-state index is 9.79. The van der Waals surface area contributed by atoms with Crippen LogP contribution in [0.15, 0.2) is 24.3 Å². The summed E-state index contributed by atoms with van der Waals surface area (Å²) >= 11 is 0. The van der Waals surface area contributed by atoms with Crippen molar-refractivity contribution in [3.8, 4) is 0 Å². The van der Waals surface area contributed by atoms with E-state index in [2.05, 4.69) is 6.07 Å². The minimum atomic E-state index is -0.544. The van der Waals surface area contributed by atoms with Gasteiger partial charge in [-0.05, 0) is 38.2 Å². The van der Waals surface area contributed by atoms with Crippen LogP contribution in [0.4, 0.5) is 0 Å². The van der Waals surface area contributed by atoms with Crippen LogP contribution in [0, 0.1) is 6.92 Å². The number of aliphatic hydroxyl groups excluding tert-OH is 2. The first-order valence-corrected chi connectivity index (χ1v) is 7.11. The summed E-state index contributed by atoms with van der Waals surface area (Å²) in [7, 11) is 0. The molecule has 0 spiro atoms. The number of hydrogen-bond donors (Lipinski definition) is 2. The van der Waals surface area contributed by atoms with Gasteiger partial charge in [0.05, 0.1) is 19.3 Å². The van der Waals surface area contributed by atoms with Gasteiger partial charge in [-0.2, -0.15) is 0 Å². The summed E-state index contributed by atoms with van der Waals surface area (Å²) in [6.45, 7) is 2.82. The monoisotopic (exact) mass is 264 g/mol. The van der Waals surface area contributed by atoms with Gasteiger partial charge in [0.15, 0.2) is 0 Å². The van der Waals surface area contributed by atoms with E-state index in [-0.39, 0.29) is 13.2 Å². The number of benzene rings is 1. The zero-order chi connectivity index (χ0) is 13.7. The molecular weight excluding hydrogens is 240 g/mol. The third kappa shape index (κ3) is 3.35. The predicted octanol–water partition coefficient (Wildman–Crippen LogP) is 2.18. The zero-order valence-electron chi connectivity index (χ0n) is 11.6. The van der Waals surface area contributed by atoms with Crippen LogP contribution in [0.2, 0.25) is 0 Å². The molecule has 1 unspecified atom stereocenters. The molecule has 1 aliphatic heterocycles. The van der Waals surface area contributed by atoms with Crippen LogP contribution in [-0.2, 0) is 10.2 Å². The van der Waals surface area contributed by atoms with E-state index in [0.717, 1.165) is 43.4 Å². The molecule has 1 heterocycles. The number of rotatable bonds is 6. The van der Waals surface area contributed by atoms with Gasteiger partial charge in [-0.1, -0.05) is 29.8 Å². The Kier molecular flexibility index (Phi) is 4.97. The molecule has 19 heavy (non-hydrogen) atoms. The van der Waals surface area contributed by atoms with E-state index in [1.165, 1.54) is 0 Å². The molecule has 1 atom stereocenters. The summed E-state index contributed by atoms with van der Waals surface area (Å²) in [6.07, 6.45) is 4.17. The highest BCUT2D eigenvalue weighted by Crippen LogP contribution is 2.31. The number of ether oxygens (including phenoxy) is 1. The van der Waals surface area contributed by atoms with Crippen molar-refractivity contribution < 1.29 is 14.9 Å². The molecule has 106 valence electrons. The van der Waals surface area contributed by atoms with Crippen molar-refractivity contribution in [2.45, 2.75) is 44.1 Å². The topological polar surface area (TPSA) is 49.7 Å². The van der Waals surface area contributed by atoms with Crippen molar-refractivity contribution in [3.05, 3.63) is 35.4 Å². The van der Waals surface area contributed by atoms with E-state index in [1.54, 1.807) is 0 Å². The van der Waals surface area contributed by atoms with Gasteiger partial charge in [0.25, 0.3) is 0 Å². The zero-order valence-corrected chi connectivity index (χ0v) is 11.6. The molecule has 0 aliphatic carbocycles. The molecule has 0 saturated carbocycles. The highest BCUT2D eigenvalue weighted by atomic mass is 16.5. The molecule has 3 heteroatoms. The standard InChI is InChI=1S/C16H24O3/c1-13-4-2-5-14(10-13)16(11-17,12-18)8-7-15-6-3-9-19-15/h2,4-5,10,15,17-18H,3,6-9,11-12H2,1H3. The Bertz CT molecular complexity index is 393. The molecule has 1 aromatic rings. The Morgan fingerprint density at radius 1 is 1.32 bits per heavy atom. The van der Waals surface area contributed by atoms with Crippen molar-refractivity contribution in [1.29, 1.82) is 0 Å². The van der Waals surface area contributed by atoms with Gasteiger partial charge >= 0.3 is 0 Å². The lowest BCUT2D eigenvalue weighted by molar-refractivity contribution is 0.0684. The highest BCUT2D eigenvalue weighted by Gasteiger charge is 2.32. The van der Waals surface area contributed by atoms with Gasteiger partial charge in [-0.15, -0.1) is 0 Å². The van der Waals surface area contributed by atoms with E-state index in [9.17, 15) is 10.2 Å². The third-order valence-corrected chi connectivity index (χ3v) is 4.20. The molecule has 2 N–H and O–H groups in total. The molecule has 3 nitrogen and oxygen atoms in total. The SMILES string of the molecule is Cc1cccc(C(CO)(CO)CCC2CCCO2)c1. The average Bonchev–Trinajstić information content (AvgIpc) is 2.94. The lowest BCUT2D eigenvalue weighted by Gasteiger charge is -2.31. The second kappa shape index (κ2) is 6.51. The quantitative estimate of drug-likeness (QED) is 0.828. The summed E-state index contributed by atoms with van der Waals surface area (Å²) < 4.78 is 5.63. The fourth-order valence-electron chi connectivity index (χ4n) is 2.82. The van der Waals surface area contributed by atoms with E-state index >= 15 is 0 Å². The first-order chi connectivity index (χ1) is 9.20. The van der Waals surface area contributed by atoms with Crippen molar-refractivity contribution in [2.24, 2.45) is 0 Å². The molecule has 1 fully saturated rings. The van der Waals surface area contributed by atoms with E-state index < -0.39 is 5.41 Å². The lowest BCUT2D eigenvalue weighted by atomic mass is 9.77. The Morgan fingerprint density at radius 2 is 2.11 bits per heavy atom. The maximum Gasteiger partial charge on any atom is 0.0576 e. The molecule has 0 radical (unpaired) electrons. The van der Waals surface area contributed by atoms with Crippen molar-refractivity contribution in [1.82, 2.24) is 0 Å². The molecule has 1 aromatic carbocycles. The Morgan fingerprint density at radius 3 is 2.68 bits per heavy atom. The Hall–Kier alpha value is -0.900.